The van der Waals surface area contributed by atoms with Gasteiger partial charge in [-0.15, -0.1) is 0 Å². The van der Waals surface area contributed by atoms with Crippen LogP contribution in [0.1, 0.15) is 22.2 Å². The van der Waals surface area contributed by atoms with Crippen molar-refractivity contribution >= 4 is 27.6 Å². The van der Waals surface area contributed by atoms with Crippen molar-refractivity contribution in [1.29, 1.82) is 0 Å². The second-order valence-corrected chi connectivity index (χ2v) is 8.16. The molecule has 140 valence electrons. The number of nitrogens with one attached hydrogen (secondary N) is 1. The van der Waals surface area contributed by atoms with Crippen molar-refractivity contribution in [3.05, 3.63) is 47.0 Å². The Hall–Kier alpha value is -1.94. The number of ether oxygens (including phenoxy) is 1. The second kappa shape index (κ2) is 7.36. The van der Waals surface area contributed by atoms with E-state index in [2.05, 4.69) is 10.3 Å². The van der Waals surface area contributed by atoms with Gasteiger partial charge in [0.05, 0.1) is 23.6 Å². The highest BCUT2D eigenvalue weighted by molar-refractivity contribution is 7.89. The van der Waals surface area contributed by atoms with Gasteiger partial charge in [-0.25, -0.2) is 18.2 Å². The Morgan fingerprint density at radius 1 is 1.42 bits per heavy atom. The number of halogens is 1. The van der Waals surface area contributed by atoms with E-state index in [4.69, 9.17) is 16.3 Å². The molecule has 0 spiro atoms. The Morgan fingerprint density at radius 3 is 2.85 bits per heavy atom. The SMILES string of the molecule is COC(=O)c1ccc(Cl)cc1S(=O)(=O)N1CCNCC1c1nccn1C. The molecule has 0 amide bonds. The third-order valence-corrected chi connectivity index (χ3v) is 6.47. The lowest BCUT2D eigenvalue weighted by atomic mass is 10.2. The number of rotatable bonds is 4. The summed E-state index contributed by atoms with van der Waals surface area (Å²) in [5.41, 5.74) is -0.0472. The summed E-state index contributed by atoms with van der Waals surface area (Å²) < 4.78 is 34.6. The Bertz CT molecular complexity index is 928. The number of methoxy groups -OCH3 is 1. The van der Waals surface area contributed by atoms with Crippen molar-refractivity contribution in [2.45, 2.75) is 10.9 Å². The van der Waals surface area contributed by atoms with Crippen LogP contribution in [0.15, 0.2) is 35.5 Å². The van der Waals surface area contributed by atoms with Crippen LogP contribution < -0.4 is 5.32 Å². The molecule has 1 atom stereocenters. The van der Waals surface area contributed by atoms with Gasteiger partial charge < -0.3 is 14.6 Å². The molecule has 1 aliphatic heterocycles. The number of hydrogen-bond donors (Lipinski definition) is 1. The molecule has 8 nitrogen and oxygen atoms in total. The number of carbonyl (C=O) groups excluding carboxylic acids is 1. The van der Waals surface area contributed by atoms with E-state index in [0.29, 0.717) is 18.9 Å². The van der Waals surface area contributed by atoms with E-state index < -0.39 is 22.0 Å². The van der Waals surface area contributed by atoms with Gasteiger partial charge in [0.25, 0.3) is 0 Å². The highest BCUT2D eigenvalue weighted by atomic mass is 35.5. The minimum Gasteiger partial charge on any atom is -0.465 e. The van der Waals surface area contributed by atoms with E-state index in [-0.39, 0.29) is 22.0 Å². The first-order valence-corrected chi connectivity index (χ1v) is 9.75. The maximum absolute atomic E-state index is 13.4. The Morgan fingerprint density at radius 2 is 2.19 bits per heavy atom. The molecule has 10 heteroatoms. The average Bonchev–Trinajstić information content (AvgIpc) is 3.06. The fourth-order valence-corrected chi connectivity index (χ4v) is 5.04. The predicted molar refractivity (Wildman–Crippen MR) is 95.5 cm³/mol. The number of esters is 1. The van der Waals surface area contributed by atoms with Crippen molar-refractivity contribution < 1.29 is 17.9 Å². The molecule has 2 heterocycles. The molecule has 1 fully saturated rings. The van der Waals surface area contributed by atoms with Gasteiger partial charge in [0, 0.05) is 44.1 Å². The van der Waals surface area contributed by atoms with E-state index in [1.54, 1.807) is 24.0 Å². The van der Waals surface area contributed by atoms with Crippen LogP contribution in [0.4, 0.5) is 0 Å². The molecule has 26 heavy (non-hydrogen) atoms. The molecule has 1 aromatic heterocycles. The number of aromatic nitrogens is 2. The van der Waals surface area contributed by atoms with E-state index in [1.165, 1.54) is 29.6 Å². The van der Waals surface area contributed by atoms with E-state index >= 15 is 0 Å². The third-order valence-electron chi connectivity index (χ3n) is 4.29. The fraction of sp³-hybridized carbons (Fsp3) is 0.375. The van der Waals surface area contributed by atoms with Crippen molar-refractivity contribution in [2.24, 2.45) is 7.05 Å². The predicted octanol–water partition coefficient (Wildman–Crippen LogP) is 1.20. The van der Waals surface area contributed by atoms with Crippen LogP contribution in [-0.4, -0.2) is 55.0 Å². The summed E-state index contributed by atoms with van der Waals surface area (Å²) in [6.45, 7) is 1.15. The molecule has 1 N–H and O–H groups in total. The van der Waals surface area contributed by atoms with Crippen LogP contribution >= 0.6 is 11.6 Å². The zero-order chi connectivity index (χ0) is 18.9. The van der Waals surface area contributed by atoms with Crippen LogP contribution in [0.25, 0.3) is 0 Å². The normalized spacial score (nSPS) is 18.7. The van der Waals surface area contributed by atoms with Gasteiger partial charge in [0.1, 0.15) is 5.82 Å². The van der Waals surface area contributed by atoms with Crippen LogP contribution in [0.3, 0.4) is 0 Å². The van der Waals surface area contributed by atoms with E-state index in [1.807, 2.05) is 0 Å². The van der Waals surface area contributed by atoms with Crippen LogP contribution in [0.5, 0.6) is 0 Å². The highest BCUT2D eigenvalue weighted by Gasteiger charge is 2.38. The van der Waals surface area contributed by atoms with Crippen LogP contribution in [-0.2, 0) is 21.8 Å². The Kier molecular flexibility index (Phi) is 5.33. The monoisotopic (exact) mass is 398 g/mol. The minimum absolute atomic E-state index is 0.0472. The molecule has 1 saturated heterocycles. The molecule has 0 aliphatic carbocycles. The Labute approximate surface area is 156 Å². The number of piperazine rings is 1. The van der Waals surface area contributed by atoms with Gasteiger partial charge in [-0.05, 0) is 18.2 Å². The lowest BCUT2D eigenvalue weighted by Gasteiger charge is -2.35. The van der Waals surface area contributed by atoms with Gasteiger partial charge in [0.15, 0.2) is 0 Å². The summed E-state index contributed by atoms with van der Waals surface area (Å²) in [4.78, 5) is 16.2. The topological polar surface area (TPSA) is 93.5 Å². The van der Waals surface area contributed by atoms with Gasteiger partial charge >= 0.3 is 5.97 Å². The van der Waals surface area contributed by atoms with Crippen LogP contribution in [0, 0.1) is 0 Å². The first-order valence-electron chi connectivity index (χ1n) is 7.94. The number of benzene rings is 1. The fourth-order valence-electron chi connectivity index (χ4n) is 3.01. The molecule has 1 aliphatic rings. The maximum atomic E-state index is 13.4. The van der Waals surface area contributed by atoms with Crippen molar-refractivity contribution in [3.8, 4) is 0 Å². The largest absolute Gasteiger partial charge is 0.465 e. The number of sulfonamides is 1. The molecular weight excluding hydrogens is 380 g/mol. The zero-order valence-corrected chi connectivity index (χ0v) is 15.9. The lowest BCUT2D eigenvalue weighted by molar-refractivity contribution is 0.0596. The smallest absolute Gasteiger partial charge is 0.339 e. The van der Waals surface area contributed by atoms with Gasteiger partial charge in [-0.1, -0.05) is 11.6 Å². The maximum Gasteiger partial charge on any atom is 0.339 e. The molecular formula is C16H19ClN4O4S. The molecule has 2 aromatic rings. The summed E-state index contributed by atoms with van der Waals surface area (Å²) in [7, 11) is -0.998. The minimum atomic E-state index is -4.01. The highest BCUT2D eigenvalue weighted by Crippen LogP contribution is 2.31. The van der Waals surface area contributed by atoms with E-state index in [0.717, 1.165) is 0 Å². The molecule has 0 bridgehead atoms. The van der Waals surface area contributed by atoms with Crippen molar-refractivity contribution in [2.75, 3.05) is 26.7 Å². The summed E-state index contributed by atoms with van der Waals surface area (Å²) in [6.07, 6.45) is 3.38. The number of imidazole rings is 1. The number of hydrogen-bond acceptors (Lipinski definition) is 6. The number of carbonyl (C=O) groups is 1. The zero-order valence-electron chi connectivity index (χ0n) is 14.3. The standard InChI is InChI=1S/C16H19ClN4O4S/c1-20-7-6-19-15(20)13-10-18-5-8-21(13)26(23,24)14-9-11(17)3-4-12(14)16(22)25-2/h3-4,6-7,9,13,18H,5,8,10H2,1-2H3. The van der Waals surface area contributed by atoms with Gasteiger partial charge in [-0.2, -0.15) is 4.31 Å². The molecule has 0 radical (unpaired) electrons. The summed E-state index contributed by atoms with van der Waals surface area (Å²) in [5.74, 6) is -0.119. The lowest BCUT2D eigenvalue weighted by Crippen LogP contribution is -2.49. The molecule has 3 rings (SSSR count). The second-order valence-electron chi connectivity index (χ2n) is 5.86. The van der Waals surface area contributed by atoms with E-state index in [9.17, 15) is 13.2 Å². The first-order chi connectivity index (χ1) is 12.4. The molecule has 1 aromatic carbocycles. The Balaban J connectivity index is 2.11. The molecule has 0 saturated carbocycles. The summed E-state index contributed by atoms with van der Waals surface area (Å²) in [6, 6.07) is 3.60. The van der Waals surface area contributed by atoms with Crippen molar-refractivity contribution in [3.63, 3.8) is 0 Å². The number of aryl methyl sites for hydroxylation is 1. The quantitative estimate of drug-likeness (QED) is 0.778. The first kappa shape index (κ1) is 18.8. The number of nitrogens with zero attached hydrogens (tertiary/aromatic N) is 3. The van der Waals surface area contributed by atoms with Crippen LogP contribution in [0.2, 0.25) is 5.02 Å². The van der Waals surface area contributed by atoms with Gasteiger partial charge in [0.2, 0.25) is 10.0 Å². The van der Waals surface area contributed by atoms with Crippen molar-refractivity contribution in [1.82, 2.24) is 19.2 Å². The summed E-state index contributed by atoms with van der Waals surface area (Å²) in [5, 5.41) is 3.41. The third kappa shape index (κ3) is 3.35. The van der Waals surface area contributed by atoms with Gasteiger partial charge in [-0.3, -0.25) is 0 Å². The summed E-state index contributed by atoms with van der Waals surface area (Å²) >= 11 is 6.01. The molecule has 1 unspecified atom stereocenters. The average molecular weight is 399 g/mol.